The third kappa shape index (κ3) is 3.73. The normalized spacial score (nSPS) is 12.8. The van der Waals surface area contributed by atoms with Crippen molar-refractivity contribution < 1.29 is 18.9 Å². The van der Waals surface area contributed by atoms with E-state index in [1.807, 2.05) is 13.0 Å². The van der Waals surface area contributed by atoms with Crippen LogP contribution < -0.4 is 19.7 Å². The Morgan fingerprint density at radius 1 is 1.29 bits per heavy atom. The number of hydrogen-bond acceptors (Lipinski definition) is 5. The molecule has 0 fully saturated rings. The maximum atomic E-state index is 8.86. The minimum Gasteiger partial charge on any atom is -0.493 e. The van der Waals surface area contributed by atoms with Crippen molar-refractivity contribution in [3.63, 3.8) is 0 Å². The molecule has 1 rings (SSSR count). The van der Waals surface area contributed by atoms with Crippen molar-refractivity contribution in [2.45, 2.75) is 19.4 Å². The second-order valence-electron chi connectivity index (χ2n) is 3.70. The summed E-state index contributed by atoms with van der Waals surface area (Å²) in [7, 11) is 2.44. The molecule has 2 atom stereocenters. The molecule has 1 aromatic carbocycles. The fourth-order valence-corrected chi connectivity index (χ4v) is 1.85. The monoisotopic (exact) mass is 259 g/mol. The zero-order chi connectivity index (χ0) is 12.8. The van der Waals surface area contributed by atoms with Crippen molar-refractivity contribution in [1.29, 1.82) is 0 Å². The van der Waals surface area contributed by atoms with Crippen LogP contribution in [0.3, 0.4) is 0 Å². The van der Waals surface area contributed by atoms with Gasteiger partial charge in [-0.25, -0.2) is 0 Å². The number of nitrogens with two attached hydrogens (primary N) is 1. The molecule has 17 heavy (non-hydrogen) atoms. The van der Waals surface area contributed by atoms with E-state index in [9.17, 15) is 0 Å². The first kappa shape index (κ1) is 14.0. The van der Waals surface area contributed by atoms with Gasteiger partial charge in [-0.3, -0.25) is 0 Å². The summed E-state index contributed by atoms with van der Waals surface area (Å²) in [6.07, 6.45) is 0.700. The quantitative estimate of drug-likeness (QED) is 0.757. The molecular weight excluding hydrogens is 241 g/mol. The molecule has 0 aliphatic carbocycles. The summed E-state index contributed by atoms with van der Waals surface area (Å²) in [4.78, 5) is 8.86. The number of methoxy groups -OCH3 is 2. The van der Waals surface area contributed by atoms with Crippen LogP contribution in [0.2, 0.25) is 0 Å². The predicted octanol–water partition coefficient (Wildman–Crippen LogP) is 1.47. The van der Waals surface area contributed by atoms with E-state index in [0.29, 0.717) is 23.7 Å². The Labute approximate surface area is 103 Å². The molecular formula is C11H18NO4P. The van der Waals surface area contributed by atoms with Crippen LogP contribution in [0.4, 0.5) is 0 Å². The van der Waals surface area contributed by atoms with Crippen LogP contribution in [0, 0.1) is 0 Å². The average Bonchev–Trinajstić information content (AvgIpc) is 2.28. The Hall–Kier alpha value is -1.03. The lowest BCUT2D eigenvalue weighted by atomic mass is 10.1. The molecule has 0 spiro atoms. The maximum Gasteiger partial charge on any atom is 0.212 e. The lowest BCUT2D eigenvalue weighted by molar-refractivity contribution is 0.343. The van der Waals surface area contributed by atoms with Gasteiger partial charge in [0.25, 0.3) is 0 Å². The van der Waals surface area contributed by atoms with Gasteiger partial charge in [0.1, 0.15) is 0 Å². The Bertz CT molecular complexity index is 371. The molecule has 0 radical (unpaired) electrons. The summed E-state index contributed by atoms with van der Waals surface area (Å²) >= 11 is 0. The molecule has 0 saturated carbocycles. The number of hydrogen-bond donors (Lipinski definition) is 2. The topological polar surface area (TPSA) is 73.9 Å². The molecule has 96 valence electrons. The lowest BCUT2D eigenvalue weighted by Gasteiger charge is -2.15. The Morgan fingerprint density at radius 3 is 2.41 bits per heavy atom. The number of ether oxygens (including phenoxy) is 2. The van der Waals surface area contributed by atoms with E-state index >= 15 is 0 Å². The Kier molecular flexibility index (Phi) is 5.48. The molecule has 2 unspecified atom stereocenters. The van der Waals surface area contributed by atoms with Crippen LogP contribution >= 0.6 is 9.03 Å². The van der Waals surface area contributed by atoms with E-state index in [-0.39, 0.29) is 6.04 Å². The minimum absolute atomic E-state index is 0.0394. The van der Waals surface area contributed by atoms with Crippen molar-refractivity contribution in [1.82, 2.24) is 0 Å². The number of rotatable bonds is 6. The van der Waals surface area contributed by atoms with Gasteiger partial charge in [0.05, 0.1) is 14.2 Å². The average molecular weight is 259 g/mol. The first-order chi connectivity index (χ1) is 8.12. The smallest absolute Gasteiger partial charge is 0.212 e. The van der Waals surface area contributed by atoms with Gasteiger partial charge in [-0.05, 0) is 31.0 Å². The zero-order valence-electron chi connectivity index (χ0n) is 10.2. The van der Waals surface area contributed by atoms with Crippen LogP contribution in [0.5, 0.6) is 17.2 Å². The van der Waals surface area contributed by atoms with E-state index in [4.69, 9.17) is 24.6 Å². The minimum atomic E-state index is -0.642. The van der Waals surface area contributed by atoms with Gasteiger partial charge in [0.15, 0.2) is 11.5 Å². The van der Waals surface area contributed by atoms with Gasteiger partial charge in [-0.2, -0.15) is 0 Å². The SMILES string of the molecule is COc1cc(CC(C)N)cc(OPO)c1OC. The molecule has 5 nitrogen and oxygen atoms in total. The molecule has 0 saturated heterocycles. The van der Waals surface area contributed by atoms with Crippen LogP contribution in [-0.4, -0.2) is 25.2 Å². The van der Waals surface area contributed by atoms with Crippen LogP contribution in [0.15, 0.2) is 12.1 Å². The summed E-state index contributed by atoms with van der Waals surface area (Å²) < 4.78 is 15.5. The molecule has 3 N–H and O–H groups in total. The van der Waals surface area contributed by atoms with E-state index in [1.54, 1.807) is 13.2 Å². The molecule has 0 bridgehead atoms. The zero-order valence-corrected chi connectivity index (χ0v) is 11.2. The fraction of sp³-hybridized carbons (Fsp3) is 0.455. The summed E-state index contributed by atoms with van der Waals surface area (Å²) in [6, 6.07) is 3.70. The van der Waals surface area contributed by atoms with E-state index in [0.717, 1.165) is 5.56 Å². The third-order valence-corrected chi connectivity index (χ3v) is 2.53. The molecule has 0 amide bonds. The van der Waals surface area contributed by atoms with Gasteiger partial charge in [0, 0.05) is 6.04 Å². The van der Waals surface area contributed by atoms with Crippen molar-refractivity contribution in [3.8, 4) is 17.2 Å². The largest absolute Gasteiger partial charge is 0.493 e. The summed E-state index contributed by atoms with van der Waals surface area (Å²) in [5.74, 6) is 1.50. The van der Waals surface area contributed by atoms with E-state index < -0.39 is 9.03 Å². The highest BCUT2D eigenvalue weighted by molar-refractivity contribution is 7.25. The highest BCUT2D eigenvalue weighted by atomic mass is 31.1. The van der Waals surface area contributed by atoms with Crippen LogP contribution in [0.1, 0.15) is 12.5 Å². The highest BCUT2D eigenvalue weighted by Gasteiger charge is 2.14. The summed E-state index contributed by atoms with van der Waals surface area (Å²) in [6.45, 7) is 1.92. The molecule has 0 aliphatic heterocycles. The maximum absolute atomic E-state index is 8.86. The Morgan fingerprint density at radius 2 is 1.94 bits per heavy atom. The van der Waals surface area contributed by atoms with Crippen molar-refractivity contribution >= 4 is 9.03 Å². The van der Waals surface area contributed by atoms with Crippen molar-refractivity contribution in [2.75, 3.05) is 14.2 Å². The van der Waals surface area contributed by atoms with E-state index in [1.165, 1.54) is 7.11 Å². The van der Waals surface area contributed by atoms with Crippen LogP contribution in [-0.2, 0) is 6.42 Å². The van der Waals surface area contributed by atoms with Gasteiger partial charge in [-0.15, -0.1) is 0 Å². The van der Waals surface area contributed by atoms with Crippen molar-refractivity contribution in [2.24, 2.45) is 5.73 Å². The fourth-order valence-electron chi connectivity index (χ4n) is 1.60. The van der Waals surface area contributed by atoms with Crippen LogP contribution in [0.25, 0.3) is 0 Å². The van der Waals surface area contributed by atoms with Gasteiger partial charge >= 0.3 is 0 Å². The second kappa shape index (κ2) is 6.64. The molecule has 1 aromatic rings. The molecule has 0 aromatic heterocycles. The second-order valence-corrected chi connectivity index (χ2v) is 4.09. The molecule has 6 heteroatoms. The van der Waals surface area contributed by atoms with Gasteiger partial charge in [0.2, 0.25) is 14.8 Å². The van der Waals surface area contributed by atoms with Crippen molar-refractivity contribution in [3.05, 3.63) is 17.7 Å². The first-order valence-corrected chi connectivity index (χ1v) is 6.04. The predicted molar refractivity (Wildman–Crippen MR) is 68.1 cm³/mol. The summed E-state index contributed by atoms with van der Waals surface area (Å²) in [5.41, 5.74) is 6.73. The number of benzene rings is 1. The standard InChI is InChI=1S/C11H18NO4P/c1-7(12)4-8-5-9(14-2)11(15-3)10(6-8)16-17-13/h5-7,13,17H,4,12H2,1-3H3. The lowest BCUT2D eigenvalue weighted by Crippen LogP contribution is -2.17. The Balaban J connectivity index is 3.14. The van der Waals surface area contributed by atoms with E-state index in [2.05, 4.69) is 0 Å². The molecule has 0 heterocycles. The van der Waals surface area contributed by atoms with Gasteiger partial charge in [-0.1, -0.05) is 0 Å². The third-order valence-electron chi connectivity index (χ3n) is 2.22. The summed E-state index contributed by atoms with van der Waals surface area (Å²) in [5, 5.41) is 0. The first-order valence-electron chi connectivity index (χ1n) is 5.18. The van der Waals surface area contributed by atoms with Gasteiger partial charge < -0.3 is 24.6 Å². The highest BCUT2D eigenvalue weighted by Crippen LogP contribution is 2.40. The molecule has 0 aliphatic rings.